The number of aromatic nitrogens is 2. The van der Waals surface area contributed by atoms with Crippen LogP contribution in [0.1, 0.15) is 21.5 Å². The molecule has 0 spiro atoms. The third kappa shape index (κ3) is 3.85. The van der Waals surface area contributed by atoms with Crippen molar-refractivity contribution in [2.75, 3.05) is 66.3 Å². The second kappa shape index (κ2) is 8.91. The predicted molar refractivity (Wildman–Crippen MR) is 144 cm³/mol. The molecule has 1 fully saturated rings. The number of amides is 1. The highest BCUT2D eigenvalue weighted by atomic mass is 16.2. The summed E-state index contributed by atoms with van der Waals surface area (Å²) >= 11 is 0. The van der Waals surface area contributed by atoms with E-state index in [0.717, 1.165) is 48.7 Å². The van der Waals surface area contributed by atoms with Crippen LogP contribution in [0.25, 0.3) is 0 Å². The zero-order chi connectivity index (χ0) is 24.8. The van der Waals surface area contributed by atoms with Crippen LogP contribution in [0.2, 0.25) is 0 Å². The van der Waals surface area contributed by atoms with Crippen molar-refractivity contribution in [2.24, 2.45) is 4.99 Å². The largest absolute Gasteiger partial charge is 0.369 e. The molecule has 3 aromatic rings. The SMILES string of the molecule is Cc1cccc(C)c1N1C(=O)c2cnc(Nc3ccc(N4CCN(C)CC4)cc3)nc2N2CCN=C21. The molecule has 1 amide bonds. The minimum Gasteiger partial charge on any atom is -0.369 e. The summed E-state index contributed by atoms with van der Waals surface area (Å²) in [5, 5.41) is 3.31. The summed E-state index contributed by atoms with van der Waals surface area (Å²) in [5.41, 5.74) is 5.54. The van der Waals surface area contributed by atoms with Gasteiger partial charge in [0.05, 0.1) is 12.2 Å². The van der Waals surface area contributed by atoms with Crippen LogP contribution in [0.4, 0.5) is 28.8 Å². The number of nitrogens with zero attached hydrogens (tertiary/aromatic N) is 7. The standard InChI is InChI=1S/C27H30N8O/c1-18-5-4-6-19(2)23(18)35-25(36)22-17-29-26(31-24(22)34-12-11-28-27(34)35)30-20-7-9-21(10-8-20)33-15-13-32(3)14-16-33/h4-10,17H,11-16H2,1-3H3,(H,29,30,31). The molecule has 36 heavy (non-hydrogen) atoms. The second-order valence-electron chi connectivity index (χ2n) is 9.61. The molecule has 4 heterocycles. The molecule has 6 rings (SSSR count). The summed E-state index contributed by atoms with van der Waals surface area (Å²) in [7, 11) is 2.16. The number of guanidine groups is 1. The summed E-state index contributed by atoms with van der Waals surface area (Å²) in [4.78, 5) is 36.1. The number of carbonyl (C=O) groups excluding carboxylic acids is 1. The van der Waals surface area contributed by atoms with Gasteiger partial charge in [-0.15, -0.1) is 0 Å². The number of rotatable bonds is 4. The van der Waals surface area contributed by atoms with Gasteiger partial charge in [-0.1, -0.05) is 18.2 Å². The van der Waals surface area contributed by atoms with E-state index >= 15 is 0 Å². The van der Waals surface area contributed by atoms with Crippen LogP contribution >= 0.6 is 0 Å². The first-order chi connectivity index (χ1) is 17.5. The molecule has 9 heteroatoms. The van der Waals surface area contributed by atoms with Crippen LogP contribution in [0.15, 0.2) is 53.7 Å². The number of para-hydroxylation sites is 1. The summed E-state index contributed by atoms with van der Waals surface area (Å²) in [6.45, 7) is 9.53. The summed E-state index contributed by atoms with van der Waals surface area (Å²) < 4.78 is 0. The van der Waals surface area contributed by atoms with Gasteiger partial charge in [0.15, 0.2) is 5.82 Å². The number of hydrogen-bond donors (Lipinski definition) is 1. The van der Waals surface area contributed by atoms with Gasteiger partial charge in [0.1, 0.15) is 5.56 Å². The molecule has 2 aromatic carbocycles. The Bertz CT molecular complexity index is 1320. The predicted octanol–water partition coefficient (Wildman–Crippen LogP) is 3.43. The first-order valence-corrected chi connectivity index (χ1v) is 12.4. The fraction of sp³-hybridized carbons (Fsp3) is 0.333. The normalized spacial score (nSPS) is 17.7. The van der Waals surface area contributed by atoms with Gasteiger partial charge in [0, 0.05) is 50.3 Å². The monoisotopic (exact) mass is 482 g/mol. The smallest absolute Gasteiger partial charge is 0.270 e. The van der Waals surface area contributed by atoms with Crippen molar-refractivity contribution in [3.63, 3.8) is 0 Å². The van der Waals surface area contributed by atoms with Gasteiger partial charge in [-0.05, 0) is 56.3 Å². The number of benzene rings is 2. The summed E-state index contributed by atoms with van der Waals surface area (Å²) in [6.07, 6.45) is 1.63. The topological polar surface area (TPSA) is 80.2 Å². The van der Waals surface area contributed by atoms with Crippen molar-refractivity contribution >= 4 is 40.7 Å². The third-order valence-electron chi connectivity index (χ3n) is 7.13. The Kier molecular flexibility index (Phi) is 5.56. The van der Waals surface area contributed by atoms with E-state index in [9.17, 15) is 4.79 Å². The van der Waals surface area contributed by atoms with Gasteiger partial charge in [-0.25, -0.2) is 9.88 Å². The molecule has 184 valence electrons. The molecule has 3 aliphatic heterocycles. The van der Waals surface area contributed by atoms with Gasteiger partial charge >= 0.3 is 0 Å². The highest BCUT2D eigenvalue weighted by molar-refractivity contribution is 6.32. The van der Waals surface area contributed by atoms with E-state index in [0.29, 0.717) is 36.4 Å². The Balaban J connectivity index is 1.27. The van der Waals surface area contributed by atoms with Crippen molar-refractivity contribution in [2.45, 2.75) is 13.8 Å². The number of aliphatic imine (C=N–C) groups is 1. The third-order valence-corrected chi connectivity index (χ3v) is 7.13. The van der Waals surface area contributed by atoms with Crippen LogP contribution < -0.4 is 20.0 Å². The van der Waals surface area contributed by atoms with Gasteiger partial charge < -0.3 is 15.1 Å². The maximum atomic E-state index is 13.7. The molecule has 1 saturated heterocycles. The lowest BCUT2D eigenvalue weighted by Crippen LogP contribution is -2.51. The maximum absolute atomic E-state index is 13.7. The first-order valence-electron chi connectivity index (χ1n) is 12.4. The molecule has 0 bridgehead atoms. The van der Waals surface area contributed by atoms with Crippen molar-refractivity contribution in [3.8, 4) is 0 Å². The number of anilines is 5. The lowest BCUT2D eigenvalue weighted by atomic mass is 10.1. The van der Waals surface area contributed by atoms with Crippen LogP contribution in [0.5, 0.6) is 0 Å². The average Bonchev–Trinajstić information content (AvgIpc) is 3.37. The molecule has 0 unspecified atom stereocenters. The Morgan fingerprint density at radius 2 is 1.64 bits per heavy atom. The maximum Gasteiger partial charge on any atom is 0.270 e. The lowest BCUT2D eigenvalue weighted by molar-refractivity contribution is 0.0999. The van der Waals surface area contributed by atoms with Crippen LogP contribution in [0, 0.1) is 13.8 Å². The fourth-order valence-electron chi connectivity index (χ4n) is 5.14. The highest BCUT2D eigenvalue weighted by Crippen LogP contribution is 2.35. The zero-order valence-electron chi connectivity index (χ0n) is 20.9. The van der Waals surface area contributed by atoms with Gasteiger partial charge in [0.2, 0.25) is 11.9 Å². The Hall–Kier alpha value is -3.98. The second-order valence-corrected chi connectivity index (χ2v) is 9.61. The number of aryl methyl sites for hydroxylation is 2. The van der Waals surface area contributed by atoms with Crippen LogP contribution in [-0.2, 0) is 0 Å². The van der Waals surface area contributed by atoms with E-state index in [1.54, 1.807) is 11.1 Å². The van der Waals surface area contributed by atoms with E-state index in [4.69, 9.17) is 4.98 Å². The Labute approximate surface area is 211 Å². The van der Waals surface area contributed by atoms with E-state index in [1.807, 2.05) is 49.1 Å². The van der Waals surface area contributed by atoms with Crippen LogP contribution in [-0.4, -0.2) is 73.1 Å². The molecule has 9 nitrogen and oxygen atoms in total. The van der Waals surface area contributed by atoms with Gasteiger partial charge in [-0.2, -0.15) is 4.98 Å². The van der Waals surface area contributed by atoms with E-state index in [-0.39, 0.29) is 5.91 Å². The van der Waals surface area contributed by atoms with Crippen molar-refractivity contribution in [3.05, 3.63) is 65.4 Å². The summed E-state index contributed by atoms with van der Waals surface area (Å²) in [6, 6.07) is 14.4. The molecular formula is C27H30N8O. The van der Waals surface area contributed by atoms with E-state index < -0.39 is 0 Å². The number of hydrogen-bond acceptors (Lipinski definition) is 8. The molecular weight excluding hydrogens is 452 g/mol. The molecule has 0 atom stereocenters. The van der Waals surface area contributed by atoms with E-state index in [1.165, 1.54) is 5.69 Å². The minimum atomic E-state index is -0.151. The minimum absolute atomic E-state index is 0.151. The molecule has 0 saturated carbocycles. The Morgan fingerprint density at radius 3 is 2.36 bits per heavy atom. The molecule has 0 radical (unpaired) electrons. The average molecular weight is 483 g/mol. The lowest BCUT2D eigenvalue weighted by Gasteiger charge is -2.36. The van der Waals surface area contributed by atoms with Crippen molar-refractivity contribution < 1.29 is 4.79 Å². The number of piperazine rings is 1. The van der Waals surface area contributed by atoms with Gasteiger partial charge in [0.25, 0.3) is 5.91 Å². The van der Waals surface area contributed by atoms with E-state index in [2.05, 4.69) is 44.3 Å². The molecule has 1 aromatic heterocycles. The van der Waals surface area contributed by atoms with Crippen LogP contribution in [0.3, 0.4) is 0 Å². The molecule has 1 N–H and O–H groups in total. The first kappa shape index (κ1) is 22.5. The number of nitrogens with one attached hydrogen (secondary N) is 1. The highest BCUT2D eigenvalue weighted by Gasteiger charge is 2.40. The van der Waals surface area contributed by atoms with Crippen molar-refractivity contribution in [1.29, 1.82) is 0 Å². The Morgan fingerprint density at radius 1 is 0.917 bits per heavy atom. The number of carbonyl (C=O) groups is 1. The zero-order valence-corrected chi connectivity index (χ0v) is 20.9. The number of likely N-dealkylation sites (N-methyl/N-ethyl adjacent to an activating group) is 1. The van der Waals surface area contributed by atoms with Gasteiger partial charge in [-0.3, -0.25) is 14.7 Å². The fourth-order valence-corrected chi connectivity index (χ4v) is 5.14. The summed E-state index contributed by atoms with van der Waals surface area (Å²) in [5.74, 6) is 1.54. The van der Waals surface area contributed by atoms with Crippen molar-refractivity contribution in [1.82, 2.24) is 14.9 Å². The molecule has 0 aliphatic carbocycles. The molecule has 3 aliphatic rings. The quantitative estimate of drug-likeness (QED) is 0.610. The number of fused-ring (bicyclic) bond motifs is 3.